The number of ether oxygens (including phenoxy) is 2. The van der Waals surface area contributed by atoms with Gasteiger partial charge in [-0.15, -0.1) is 23.2 Å². The van der Waals surface area contributed by atoms with E-state index < -0.39 is 19.2 Å². The van der Waals surface area contributed by atoms with E-state index in [9.17, 15) is 16.8 Å². The molecular weight excluding hydrogens is 599 g/mol. The minimum atomic E-state index is -3.64. The Morgan fingerprint density at radius 3 is 1.42 bits per heavy atom. The Labute approximate surface area is 240 Å². The van der Waals surface area contributed by atoms with Crippen LogP contribution in [0.3, 0.4) is 0 Å². The molecule has 38 heavy (non-hydrogen) atoms. The van der Waals surface area contributed by atoms with Gasteiger partial charge in [-0.2, -0.15) is 8.42 Å². The maximum Gasteiger partial charge on any atom is 0.296 e. The Balaban J connectivity index is 0.000000294. The summed E-state index contributed by atoms with van der Waals surface area (Å²) in [5.74, 6) is 0. The molecule has 0 aromatic heterocycles. The van der Waals surface area contributed by atoms with Crippen LogP contribution in [0.2, 0.25) is 0 Å². The Morgan fingerprint density at radius 1 is 0.789 bits per heavy atom. The maximum atomic E-state index is 11.9. The van der Waals surface area contributed by atoms with Crippen molar-refractivity contribution in [1.29, 1.82) is 0 Å². The highest BCUT2D eigenvalue weighted by Gasteiger charge is 2.35. The second kappa shape index (κ2) is 15.7. The second-order valence-electron chi connectivity index (χ2n) is 9.65. The smallest absolute Gasteiger partial charge is 0.296 e. The van der Waals surface area contributed by atoms with Gasteiger partial charge in [0.1, 0.15) is 0 Å². The van der Waals surface area contributed by atoms with E-state index in [0.29, 0.717) is 13.2 Å². The van der Waals surface area contributed by atoms with Crippen molar-refractivity contribution < 1.29 is 35.6 Å². The van der Waals surface area contributed by atoms with Gasteiger partial charge in [-0.3, -0.25) is 4.18 Å². The van der Waals surface area contributed by atoms with Crippen LogP contribution >= 0.6 is 33.9 Å². The van der Waals surface area contributed by atoms with Gasteiger partial charge in [0.05, 0.1) is 54.8 Å². The molecule has 1 N–H and O–H groups in total. The van der Waals surface area contributed by atoms with Crippen LogP contribution in [0.4, 0.5) is 0 Å². The first-order valence-electron chi connectivity index (χ1n) is 11.5. The average Bonchev–Trinajstić information content (AvgIpc) is 2.81. The SMILES string of the molecule is CC1(CO)COC1.Cc1ccc(S(=O)(=O)Cl)cc1.Cc1ccc(S(=O)(=O)OCC2(C)COC2)cc1.ClCCl. The van der Waals surface area contributed by atoms with E-state index in [-0.39, 0.29) is 39.2 Å². The number of aliphatic hydroxyl groups excluding tert-OH is 1. The Morgan fingerprint density at radius 2 is 1.16 bits per heavy atom. The molecule has 0 spiro atoms. The van der Waals surface area contributed by atoms with E-state index in [4.69, 9.17) is 52.6 Å². The van der Waals surface area contributed by atoms with Crippen molar-refractivity contribution in [3.8, 4) is 0 Å². The molecule has 0 atom stereocenters. The number of hydrogen-bond donors (Lipinski definition) is 1. The molecular formula is C25H35Cl3O8S2. The number of aliphatic hydroxyl groups is 1. The molecule has 8 nitrogen and oxygen atoms in total. The van der Waals surface area contributed by atoms with E-state index in [2.05, 4.69) is 0 Å². The third kappa shape index (κ3) is 12.5. The molecule has 0 bridgehead atoms. The fraction of sp³-hybridized carbons (Fsp3) is 0.520. The standard InChI is InChI=1S/C12H16O4S.C7H7ClO2S.C5H10O2.CH2Cl2/c1-10-3-5-11(6-4-10)17(13,14)16-9-12(2)7-15-8-12;1-6-2-4-7(5-3-6)11(8,9)10;1-5(2-6)3-7-4-5;2-1-3/h3-6H,7-9H2,1-2H3;2-5H,1H3;6H,2-4H2,1H3;1H2. The third-order valence-corrected chi connectivity index (χ3v) is 8.01. The van der Waals surface area contributed by atoms with Crippen molar-refractivity contribution in [2.75, 3.05) is 45.0 Å². The van der Waals surface area contributed by atoms with Crippen molar-refractivity contribution in [2.24, 2.45) is 10.8 Å². The van der Waals surface area contributed by atoms with Crippen molar-refractivity contribution in [1.82, 2.24) is 0 Å². The maximum absolute atomic E-state index is 11.9. The summed E-state index contributed by atoms with van der Waals surface area (Å²) in [6.45, 7) is 10.7. The highest BCUT2D eigenvalue weighted by Crippen LogP contribution is 2.28. The van der Waals surface area contributed by atoms with Crippen LogP contribution in [0.1, 0.15) is 25.0 Å². The van der Waals surface area contributed by atoms with E-state index in [1.807, 2.05) is 27.7 Å². The van der Waals surface area contributed by atoms with E-state index in [1.54, 1.807) is 36.4 Å². The largest absolute Gasteiger partial charge is 0.396 e. The van der Waals surface area contributed by atoms with Crippen LogP contribution in [0.15, 0.2) is 58.3 Å². The van der Waals surface area contributed by atoms with Crippen LogP contribution in [0.25, 0.3) is 0 Å². The molecule has 0 saturated carbocycles. The number of halogens is 3. The van der Waals surface area contributed by atoms with E-state index in [0.717, 1.165) is 24.3 Å². The highest BCUT2D eigenvalue weighted by molar-refractivity contribution is 8.13. The van der Waals surface area contributed by atoms with Gasteiger partial charge in [0.25, 0.3) is 19.2 Å². The molecule has 2 aromatic rings. The van der Waals surface area contributed by atoms with Gasteiger partial charge in [0.15, 0.2) is 0 Å². The number of alkyl halides is 2. The zero-order chi connectivity index (χ0) is 29.0. The summed E-state index contributed by atoms with van der Waals surface area (Å²) in [5, 5.41) is 8.76. The van der Waals surface area contributed by atoms with E-state index in [1.165, 1.54) is 12.1 Å². The fourth-order valence-corrected chi connectivity index (χ4v) is 4.58. The number of rotatable bonds is 6. The fourth-order valence-electron chi connectivity index (χ4n) is 2.77. The first kappa shape index (κ1) is 35.1. The molecule has 216 valence electrons. The summed E-state index contributed by atoms with van der Waals surface area (Å²) in [4.78, 5) is 0.344. The van der Waals surface area contributed by atoms with Gasteiger partial charge in [-0.05, 0) is 38.1 Å². The van der Waals surface area contributed by atoms with Crippen LogP contribution < -0.4 is 0 Å². The number of benzene rings is 2. The van der Waals surface area contributed by atoms with Gasteiger partial charge in [0.2, 0.25) is 0 Å². The van der Waals surface area contributed by atoms with Gasteiger partial charge < -0.3 is 14.6 Å². The Kier molecular flexibility index (Phi) is 14.5. The Hall–Kier alpha value is -0.950. The average molecular weight is 634 g/mol. The van der Waals surface area contributed by atoms with Crippen LogP contribution in [0.5, 0.6) is 0 Å². The van der Waals surface area contributed by atoms with Gasteiger partial charge in [-0.1, -0.05) is 49.2 Å². The molecule has 2 aliphatic rings. The molecule has 2 heterocycles. The first-order chi connectivity index (χ1) is 17.6. The summed E-state index contributed by atoms with van der Waals surface area (Å²) in [6, 6.07) is 13.0. The van der Waals surface area contributed by atoms with Crippen molar-refractivity contribution >= 4 is 53.1 Å². The zero-order valence-corrected chi connectivity index (χ0v) is 25.7. The number of hydrogen-bond acceptors (Lipinski definition) is 8. The van der Waals surface area contributed by atoms with Gasteiger partial charge in [0, 0.05) is 21.5 Å². The van der Waals surface area contributed by atoms with Crippen molar-refractivity contribution in [2.45, 2.75) is 37.5 Å². The second-order valence-corrected chi connectivity index (χ2v) is 14.6. The van der Waals surface area contributed by atoms with Crippen molar-refractivity contribution in [3.05, 3.63) is 59.7 Å². The van der Waals surface area contributed by atoms with Crippen LogP contribution in [-0.2, 0) is 32.8 Å². The molecule has 0 amide bonds. The summed E-state index contributed by atoms with van der Waals surface area (Å²) in [6.07, 6.45) is 0. The molecule has 0 radical (unpaired) electrons. The topological polar surface area (TPSA) is 116 Å². The van der Waals surface area contributed by atoms with Gasteiger partial charge >= 0.3 is 0 Å². The zero-order valence-electron chi connectivity index (χ0n) is 21.8. The predicted molar refractivity (Wildman–Crippen MR) is 150 cm³/mol. The first-order valence-corrected chi connectivity index (χ1v) is 16.2. The monoisotopic (exact) mass is 632 g/mol. The Bertz CT molecular complexity index is 1170. The summed E-state index contributed by atoms with van der Waals surface area (Å²) >= 11 is 9.53. The molecule has 2 fully saturated rings. The van der Waals surface area contributed by atoms with Crippen molar-refractivity contribution in [3.63, 3.8) is 0 Å². The van der Waals surface area contributed by atoms with Gasteiger partial charge in [-0.25, -0.2) is 8.42 Å². The summed E-state index contributed by atoms with van der Waals surface area (Å²) in [5.41, 5.74) is 1.95. The predicted octanol–water partition coefficient (Wildman–Crippen LogP) is 5.10. The lowest BCUT2D eigenvalue weighted by Crippen LogP contribution is -2.44. The minimum absolute atomic E-state index is 0.0972. The van der Waals surface area contributed by atoms with Crippen LogP contribution in [0, 0.1) is 24.7 Å². The normalized spacial score (nSPS) is 17.1. The van der Waals surface area contributed by atoms with E-state index >= 15 is 0 Å². The summed E-state index contributed by atoms with van der Waals surface area (Å²) in [7, 11) is -2.11. The number of aryl methyl sites for hydroxylation is 2. The molecule has 0 unspecified atom stereocenters. The lowest BCUT2D eigenvalue weighted by atomic mass is 9.90. The highest BCUT2D eigenvalue weighted by atomic mass is 35.7. The third-order valence-electron chi connectivity index (χ3n) is 5.36. The molecule has 2 aliphatic heterocycles. The molecule has 4 rings (SSSR count). The van der Waals surface area contributed by atoms with Crippen LogP contribution in [-0.4, -0.2) is 66.9 Å². The minimum Gasteiger partial charge on any atom is -0.396 e. The molecule has 2 aromatic carbocycles. The quantitative estimate of drug-likeness (QED) is 0.266. The lowest BCUT2D eigenvalue weighted by Gasteiger charge is -2.37. The molecule has 0 aliphatic carbocycles. The molecule has 2 saturated heterocycles. The summed E-state index contributed by atoms with van der Waals surface area (Å²) < 4.78 is 60.1. The lowest BCUT2D eigenvalue weighted by molar-refractivity contribution is -0.125. The molecule has 13 heteroatoms.